The molecule has 1 aromatic rings. The van der Waals surface area contributed by atoms with Crippen LogP contribution in [0.4, 0.5) is 0 Å². The summed E-state index contributed by atoms with van der Waals surface area (Å²) in [6.07, 6.45) is 2.91. The van der Waals surface area contributed by atoms with Crippen LogP contribution in [-0.4, -0.2) is 12.1 Å². The molecular formula is C10H14ClNO. The van der Waals surface area contributed by atoms with Gasteiger partial charge in [-0.1, -0.05) is 25.4 Å². The van der Waals surface area contributed by atoms with Crippen molar-refractivity contribution in [2.75, 3.05) is 7.11 Å². The Bertz CT molecular complexity index is 288. The maximum atomic E-state index is 5.94. The quantitative estimate of drug-likeness (QED) is 0.746. The lowest BCUT2D eigenvalue weighted by Crippen LogP contribution is -1.95. The van der Waals surface area contributed by atoms with E-state index in [1.807, 2.05) is 12.3 Å². The highest BCUT2D eigenvalue weighted by Gasteiger charge is 2.07. The summed E-state index contributed by atoms with van der Waals surface area (Å²) in [5.74, 6) is 0.990. The van der Waals surface area contributed by atoms with Crippen molar-refractivity contribution in [1.29, 1.82) is 0 Å². The van der Waals surface area contributed by atoms with E-state index >= 15 is 0 Å². The van der Waals surface area contributed by atoms with Crippen LogP contribution >= 0.6 is 11.6 Å². The number of methoxy groups -OCH3 is 1. The lowest BCUT2D eigenvalue weighted by atomic mass is 10.0. The molecule has 0 aromatic carbocycles. The van der Waals surface area contributed by atoms with Crippen molar-refractivity contribution in [2.24, 2.45) is 0 Å². The molecule has 0 fully saturated rings. The zero-order chi connectivity index (χ0) is 9.84. The topological polar surface area (TPSA) is 22.1 Å². The Kier molecular flexibility index (Phi) is 3.55. The second-order valence-electron chi connectivity index (χ2n) is 3.07. The predicted molar refractivity (Wildman–Crippen MR) is 54.5 cm³/mol. The Morgan fingerprint density at radius 1 is 1.62 bits per heavy atom. The molecule has 0 amide bonds. The van der Waals surface area contributed by atoms with E-state index in [1.54, 1.807) is 7.11 Å². The fraction of sp³-hybridized carbons (Fsp3) is 0.500. The molecule has 1 unspecified atom stereocenters. The number of rotatable bonds is 3. The van der Waals surface area contributed by atoms with Gasteiger partial charge in [0.25, 0.3) is 0 Å². The van der Waals surface area contributed by atoms with Crippen molar-refractivity contribution in [1.82, 2.24) is 4.98 Å². The second kappa shape index (κ2) is 4.47. The minimum atomic E-state index is 0.494. The van der Waals surface area contributed by atoms with Crippen molar-refractivity contribution in [2.45, 2.75) is 26.2 Å². The molecule has 0 saturated carbocycles. The molecule has 1 rings (SSSR count). The van der Waals surface area contributed by atoms with E-state index in [0.717, 1.165) is 12.0 Å². The van der Waals surface area contributed by atoms with Gasteiger partial charge in [0.15, 0.2) is 0 Å². The van der Waals surface area contributed by atoms with Gasteiger partial charge in [0.05, 0.1) is 7.11 Å². The summed E-state index contributed by atoms with van der Waals surface area (Å²) in [6.45, 7) is 4.29. The average Bonchev–Trinajstić information content (AvgIpc) is 2.16. The van der Waals surface area contributed by atoms with Gasteiger partial charge in [-0.15, -0.1) is 0 Å². The molecule has 2 nitrogen and oxygen atoms in total. The van der Waals surface area contributed by atoms with Gasteiger partial charge < -0.3 is 4.74 Å². The summed E-state index contributed by atoms with van der Waals surface area (Å²) >= 11 is 5.94. The lowest BCUT2D eigenvalue weighted by Gasteiger charge is -2.09. The van der Waals surface area contributed by atoms with Crippen molar-refractivity contribution in [3.63, 3.8) is 0 Å². The number of ether oxygens (including phenoxy) is 1. The van der Waals surface area contributed by atoms with Crippen LogP contribution in [0.3, 0.4) is 0 Å². The first-order valence-electron chi connectivity index (χ1n) is 4.38. The van der Waals surface area contributed by atoms with Crippen molar-refractivity contribution < 1.29 is 4.74 Å². The molecule has 0 radical (unpaired) electrons. The Morgan fingerprint density at radius 3 is 2.77 bits per heavy atom. The smallest absolute Gasteiger partial charge is 0.232 e. The first-order chi connectivity index (χ1) is 6.19. The van der Waals surface area contributed by atoms with Gasteiger partial charge in [0.2, 0.25) is 5.88 Å². The molecular weight excluding hydrogens is 186 g/mol. The molecule has 13 heavy (non-hydrogen) atoms. The first-order valence-corrected chi connectivity index (χ1v) is 4.76. The number of nitrogens with zero attached hydrogens (tertiary/aromatic N) is 1. The van der Waals surface area contributed by atoms with Crippen LogP contribution in [0.1, 0.15) is 31.7 Å². The molecule has 1 aromatic heterocycles. The van der Waals surface area contributed by atoms with Gasteiger partial charge in [-0.2, -0.15) is 0 Å². The third kappa shape index (κ3) is 2.34. The third-order valence-electron chi connectivity index (χ3n) is 2.20. The zero-order valence-electron chi connectivity index (χ0n) is 8.17. The van der Waals surface area contributed by atoms with E-state index in [0.29, 0.717) is 16.8 Å². The number of halogens is 1. The van der Waals surface area contributed by atoms with Gasteiger partial charge in [0, 0.05) is 6.20 Å². The van der Waals surface area contributed by atoms with Gasteiger partial charge in [-0.05, 0) is 24.0 Å². The minimum absolute atomic E-state index is 0.494. The first kappa shape index (κ1) is 10.3. The standard InChI is InChI=1S/C10H14ClNO/c1-4-7(2)8-5-9(11)10(13-3)12-6-8/h5-7H,4H2,1-3H3. The van der Waals surface area contributed by atoms with Crippen molar-refractivity contribution in [3.8, 4) is 5.88 Å². The maximum absolute atomic E-state index is 5.94. The Labute approximate surface area is 83.9 Å². The van der Waals surface area contributed by atoms with E-state index in [9.17, 15) is 0 Å². The molecule has 0 bridgehead atoms. The molecule has 0 spiro atoms. The molecule has 72 valence electrons. The molecule has 0 saturated heterocycles. The predicted octanol–water partition coefficient (Wildman–Crippen LogP) is 3.26. The number of pyridine rings is 1. The summed E-state index contributed by atoms with van der Waals surface area (Å²) in [5, 5.41) is 0.584. The summed E-state index contributed by atoms with van der Waals surface area (Å²) < 4.78 is 4.97. The molecule has 0 aliphatic rings. The van der Waals surface area contributed by atoms with Gasteiger partial charge in [-0.25, -0.2) is 4.98 Å². The SMILES string of the molecule is CCC(C)c1cnc(OC)c(Cl)c1. The summed E-state index contributed by atoms with van der Waals surface area (Å²) in [4.78, 5) is 4.11. The third-order valence-corrected chi connectivity index (χ3v) is 2.47. The molecule has 3 heteroatoms. The highest BCUT2D eigenvalue weighted by molar-refractivity contribution is 6.31. The summed E-state index contributed by atoms with van der Waals surface area (Å²) in [7, 11) is 1.57. The molecule has 0 N–H and O–H groups in total. The number of hydrogen-bond donors (Lipinski definition) is 0. The highest BCUT2D eigenvalue weighted by atomic mass is 35.5. The maximum Gasteiger partial charge on any atom is 0.232 e. The summed E-state index contributed by atoms with van der Waals surface area (Å²) in [5.41, 5.74) is 1.16. The van der Waals surface area contributed by atoms with Crippen molar-refractivity contribution >= 4 is 11.6 Å². The highest BCUT2D eigenvalue weighted by Crippen LogP contribution is 2.26. The molecule has 1 heterocycles. The fourth-order valence-corrected chi connectivity index (χ4v) is 1.35. The van der Waals surface area contributed by atoms with Crippen LogP contribution < -0.4 is 4.74 Å². The molecule has 1 atom stereocenters. The van der Waals surface area contributed by atoms with E-state index in [1.165, 1.54) is 0 Å². The van der Waals surface area contributed by atoms with Crippen LogP contribution in [-0.2, 0) is 0 Å². The van der Waals surface area contributed by atoms with Crippen LogP contribution in [0.25, 0.3) is 0 Å². The average molecular weight is 200 g/mol. The Morgan fingerprint density at radius 2 is 2.31 bits per heavy atom. The normalized spacial score (nSPS) is 12.6. The number of aromatic nitrogens is 1. The van der Waals surface area contributed by atoms with Crippen LogP contribution in [0.5, 0.6) is 5.88 Å². The van der Waals surface area contributed by atoms with Crippen LogP contribution in [0.15, 0.2) is 12.3 Å². The van der Waals surface area contributed by atoms with E-state index in [2.05, 4.69) is 18.8 Å². The van der Waals surface area contributed by atoms with Gasteiger partial charge in [0.1, 0.15) is 5.02 Å². The Hall–Kier alpha value is -0.760. The van der Waals surface area contributed by atoms with E-state index in [-0.39, 0.29) is 0 Å². The summed E-state index contributed by atoms with van der Waals surface area (Å²) in [6, 6.07) is 1.92. The van der Waals surface area contributed by atoms with Crippen molar-refractivity contribution in [3.05, 3.63) is 22.8 Å². The van der Waals surface area contributed by atoms with Crippen LogP contribution in [0.2, 0.25) is 5.02 Å². The van der Waals surface area contributed by atoms with E-state index < -0.39 is 0 Å². The van der Waals surface area contributed by atoms with Gasteiger partial charge in [-0.3, -0.25) is 0 Å². The monoisotopic (exact) mass is 199 g/mol. The largest absolute Gasteiger partial charge is 0.480 e. The number of hydrogen-bond acceptors (Lipinski definition) is 2. The van der Waals surface area contributed by atoms with Crippen LogP contribution in [0, 0.1) is 0 Å². The second-order valence-corrected chi connectivity index (χ2v) is 3.48. The van der Waals surface area contributed by atoms with E-state index in [4.69, 9.17) is 16.3 Å². The van der Waals surface area contributed by atoms with Gasteiger partial charge >= 0.3 is 0 Å². The fourth-order valence-electron chi connectivity index (χ4n) is 1.10. The molecule has 0 aliphatic heterocycles. The lowest BCUT2D eigenvalue weighted by molar-refractivity contribution is 0.397. The Balaban J connectivity index is 2.95. The minimum Gasteiger partial charge on any atom is -0.480 e. The molecule has 0 aliphatic carbocycles. The zero-order valence-corrected chi connectivity index (χ0v) is 8.93.